The molecule has 0 spiro atoms. The summed E-state index contributed by atoms with van der Waals surface area (Å²) in [5, 5.41) is 21.0. The maximum Gasteiger partial charge on any atom is 0.167 e. The number of aromatic nitrogens is 4. The Hall–Kier alpha value is -2.38. The van der Waals surface area contributed by atoms with Crippen molar-refractivity contribution in [2.24, 2.45) is 0 Å². The number of nitrogens with two attached hydrogens (primary N) is 1. The number of allylic oxidation sites excluding steroid dienone is 1. The van der Waals surface area contributed by atoms with Crippen molar-refractivity contribution in [3.8, 4) is 0 Å². The molecule has 0 bridgehead atoms. The topological polar surface area (TPSA) is 143 Å². The summed E-state index contributed by atoms with van der Waals surface area (Å²) in [6.45, 7) is 5.14. The van der Waals surface area contributed by atoms with Gasteiger partial charge in [-0.3, -0.25) is 4.57 Å². The summed E-state index contributed by atoms with van der Waals surface area (Å²) in [6.07, 6.45) is 6.50. The maximum absolute atomic E-state index is 7.00. The Morgan fingerprint density at radius 2 is 1.97 bits per heavy atom. The number of fused-ring (bicyclic) bond motifs is 1. The van der Waals surface area contributed by atoms with Gasteiger partial charge in [-0.05, 0) is 62.6 Å². The highest BCUT2D eigenvalue weighted by Crippen LogP contribution is 2.32. The van der Waals surface area contributed by atoms with Gasteiger partial charge in [-0.1, -0.05) is 22.0 Å². The highest BCUT2D eigenvalue weighted by Gasteiger charge is 2.28. The van der Waals surface area contributed by atoms with Gasteiger partial charge in [0.05, 0.1) is 12.4 Å². The van der Waals surface area contributed by atoms with E-state index in [0.29, 0.717) is 11.3 Å². The Labute approximate surface area is 231 Å². The number of nitrogen functional groups attached to an aromatic ring is 1. The lowest BCUT2D eigenvalue weighted by molar-refractivity contribution is 0.0153. The molecule has 37 heavy (non-hydrogen) atoms. The quantitative estimate of drug-likeness (QED) is 0.217. The summed E-state index contributed by atoms with van der Waals surface area (Å²) in [7, 11) is 2.00. The predicted octanol–water partition coefficient (Wildman–Crippen LogP) is 4.14. The first kappa shape index (κ1) is 30.8. The molecular formula is C25H38BrN7O3S. The van der Waals surface area contributed by atoms with Gasteiger partial charge in [0, 0.05) is 36.7 Å². The zero-order chi connectivity index (χ0) is 27.2. The van der Waals surface area contributed by atoms with Crippen LogP contribution in [0.25, 0.3) is 11.2 Å². The molecule has 3 heterocycles. The van der Waals surface area contributed by atoms with Crippen LogP contribution in [0.2, 0.25) is 0 Å². The third-order valence-corrected chi connectivity index (χ3v) is 7.13. The molecule has 204 valence electrons. The average Bonchev–Trinajstić information content (AvgIpc) is 3.55. The average molecular weight is 597 g/mol. The van der Waals surface area contributed by atoms with Gasteiger partial charge in [0.1, 0.15) is 23.9 Å². The highest BCUT2D eigenvalue weighted by atomic mass is 79.9. The molecule has 0 saturated carbocycles. The number of nitrogens with one attached hydrogen (secondary N) is 2. The van der Waals surface area contributed by atoms with Crippen LogP contribution in [0.15, 0.2) is 52.8 Å². The molecule has 12 heteroatoms. The van der Waals surface area contributed by atoms with E-state index in [2.05, 4.69) is 67.5 Å². The summed E-state index contributed by atoms with van der Waals surface area (Å²) in [6, 6.07) is 8.19. The van der Waals surface area contributed by atoms with Gasteiger partial charge in [-0.15, -0.1) is 0 Å². The lowest BCUT2D eigenvalue weighted by Crippen LogP contribution is -2.22. The first-order chi connectivity index (χ1) is 18.0. The van der Waals surface area contributed by atoms with Crippen molar-refractivity contribution < 1.29 is 14.9 Å². The smallest absolute Gasteiger partial charge is 0.167 e. The fourth-order valence-corrected chi connectivity index (χ4v) is 5.18. The molecule has 1 saturated heterocycles. The predicted molar refractivity (Wildman–Crippen MR) is 155 cm³/mol. The largest absolute Gasteiger partial charge is 0.400 e. The number of benzene rings is 1. The number of aliphatic hydroxyl groups excluding tert-OH is 2. The minimum Gasteiger partial charge on any atom is -0.400 e. The maximum atomic E-state index is 7.00. The van der Waals surface area contributed by atoms with Gasteiger partial charge in [0.25, 0.3) is 0 Å². The lowest BCUT2D eigenvalue weighted by Gasteiger charge is -2.16. The highest BCUT2D eigenvalue weighted by molar-refractivity contribution is 9.10. The van der Waals surface area contributed by atoms with E-state index in [9.17, 15) is 0 Å². The molecule has 1 aliphatic rings. The van der Waals surface area contributed by atoms with Gasteiger partial charge in [-0.2, -0.15) is 11.8 Å². The molecule has 2 unspecified atom stereocenters. The van der Waals surface area contributed by atoms with Crippen molar-refractivity contribution in [2.45, 2.75) is 45.4 Å². The van der Waals surface area contributed by atoms with Gasteiger partial charge in [0.2, 0.25) is 0 Å². The van der Waals surface area contributed by atoms with Gasteiger partial charge >= 0.3 is 0 Å². The van der Waals surface area contributed by atoms with Crippen LogP contribution in [0.3, 0.4) is 0 Å². The SMILES string of the molecule is CC(C)=C(NCCCSCC1CCC(n2cnc3c(N)ncnc32)O1)Nc1cccc(Br)c1.CO.CO. The molecular weight excluding hydrogens is 558 g/mol. The molecule has 1 aromatic carbocycles. The monoisotopic (exact) mass is 595 g/mol. The van der Waals surface area contributed by atoms with E-state index in [0.717, 1.165) is 73.2 Å². The van der Waals surface area contributed by atoms with Crippen molar-refractivity contribution in [3.05, 3.63) is 52.8 Å². The number of hydrogen-bond acceptors (Lipinski definition) is 10. The second-order valence-corrected chi connectivity index (χ2v) is 10.3. The van der Waals surface area contributed by atoms with Crippen LogP contribution in [0.1, 0.15) is 39.3 Å². The van der Waals surface area contributed by atoms with E-state index < -0.39 is 0 Å². The number of thioether (sulfide) groups is 1. The van der Waals surface area contributed by atoms with E-state index in [1.165, 1.54) is 11.9 Å². The number of halogens is 1. The minimum absolute atomic E-state index is 0.0408. The molecule has 2 aromatic heterocycles. The molecule has 0 aliphatic carbocycles. The van der Waals surface area contributed by atoms with Crippen LogP contribution >= 0.6 is 27.7 Å². The van der Waals surface area contributed by atoms with E-state index in [-0.39, 0.29) is 12.3 Å². The Morgan fingerprint density at radius 1 is 1.19 bits per heavy atom. The van der Waals surface area contributed by atoms with Crippen molar-refractivity contribution in [3.63, 3.8) is 0 Å². The molecule has 2 atom stereocenters. The zero-order valence-corrected chi connectivity index (χ0v) is 24.2. The molecule has 0 amide bonds. The Bertz CT molecular complexity index is 1120. The molecule has 1 aliphatic heterocycles. The van der Waals surface area contributed by atoms with Gasteiger partial charge in [-0.25, -0.2) is 15.0 Å². The van der Waals surface area contributed by atoms with E-state index >= 15 is 0 Å². The second kappa shape index (κ2) is 16.5. The number of imidazole rings is 1. The number of nitrogens with zero attached hydrogens (tertiary/aromatic N) is 4. The normalized spacial score (nSPS) is 16.3. The van der Waals surface area contributed by atoms with Crippen molar-refractivity contribution in [2.75, 3.05) is 43.3 Å². The minimum atomic E-state index is -0.0408. The number of ether oxygens (including phenoxy) is 1. The summed E-state index contributed by atoms with van der Waals surface area (Å²) < 4.78 is 9.31. The zero-order valence-electron chi connectivity index (χ0n) is 21.8. The van der Waals surface area contributed by atoms with Crippen LogP contribution in [-0.4, -0.2) is 68.1 Å². The van der Waals surface area contributed by atoms with E-state index in [1.807, 2.05) is 28.5 Å². The summed E-state index contributed by atoms with van der Waals surface area (Å²) in [4.78, 5) is 12.7. The summed E-state index contributed by atoms with van der Waals surface area (Å²) in [5.74, 6) is 3.55. The third-order valence-electron chi connectivity index (χ3n) is 5.45. The molecule has 3 aromatic rings. The van der Waals surface area contributed by atoms with Gasteiger partial charge in [0.15, 0.2) is 11.5 Å². The first-order valence-corrected chi connectivity index (χ1v) is 14.0. The number of hydrogen-bond donors (Lipinski definition) is 5. The van der Waals surface area contributed by atoms with Crippen LogP contribution in [0.5, 0.6) is 0 Å². The van der Waals surface area contributed by atoms with Crippen LogP contribution in [-0.2, 0) is 4.74 Å². The molecule has 6 N–H and O–H groups in total. The van der Waals surface area contributed by atoms with Crippen molar-refractivity contribution in [1.29, 1.82) is 0 Å². The van der Waals surface area contributed by atoms with Crippen LogP contribution < -0.4 is 16.4 Å². The van der Waals surface area contributed by atoms with Gasteiger partial charge < -0.3 is 31.3 Å². The molecule has 10 nitrogen and oxygen atoms in total. The first-order valence-electron chi connectivity index (χ1n) is 12.0. The Morgan fingerprint density at radius 3 is 2.70 bits per heavy atom. The number of anilines is 2. The Balaban J connectivity index is 0.00000115. The lowest BCUT2D eigenvalue weighted by atomic mass is 10.2. The fraction of sp³-hybridized carbons (Fsp3) is 0.480. The van der Waals surface area contributed by atoms with Crippen LogP contribution in [0.4, 0.5) is 11.5 Å². The molecule has 1 fully saturated rings. The second-order valence-electron chi connectivity index (χ2n) is 8.24. The van der Waals surface area contributed by atoms with Crippen molar-refractivity contribution >= 4 is 50.4 Å². The molecule has 4 rings (SSSR count). The fourth-order valence-electron chi connectivity index (χ4n) is 3.75. The van der Waals surface area contributed by atoms with E-state index in [1.54, 1.807) is 6.33 Å². The standard InChI is InChI=1S/C23H30BrN7OS.2CH4O/c1-15(2)22(30-17-6-3-5-16(24)11-17)26-9-4-10-33-12-18-7-8-19(32-18)31-14-29-20-21(25)27-13-28-23(20)31;2*1-2/h3,5-6,11,13-14,18-19,26,30H,4,7-10,12H2,1-2H3,(H2,25,27,28);2*2H,1H3. The summed E-state index contributed by atoms with van der Waals surface area (Å²) >= 11 is 5.47. The van der Waals surface area contributed by atoms with Crippen LogP contribution in [0, 0.1) is 0 Å². The third kappa shape index (κ3) is 9.15. The molecule has 0 radical (unpaired) electrons. The number of rotatable bonds is 10. The van der Waals surface area contributed by atoms with Crippen molar-refractivity contribution in [1.82, 2.24) is 24.8 Å². The Kier molecular flexibility index (Phi) is 13.7. The summed E-state index contributed by atoms with van der Waals surface area (Å²) in [5.41, 5.74) is 9.56. The number of aliphatic hydroxyl groups is 2. The van der Waals surface area contributed by atoms with E-state index in [4.69, 9.17) is 20.7 Å².